The molecule has 0 saturated carbocycles. The molecule has 10 heteroatoms. The van der Waals surface area contributed by atoms with Gasteiger partial charge < -0.3 is 10.1 Å². The van der Waals surface area contributed by atoms with E-state index in [0.29, 0.717) is 13.1 Å². The Morgan fingerprint density at radius 2 is 1.86 bits per heavy atom. The van der Waals surface area contributed by atoms with Gasteiger partial charge in [-0.3, -0.25) is 9.59 Å². The Labute approximate surface area is 163 Å². The monoisotopic (exact) mass is 406 g/mol. The number of hydrogen-bond acceptors (Lipinski definition) is 6. The van der Waals surface area contributed by atoms with E-state index in [9.17, 15) is 18.0 Å². The van der Waals surface area contributed by atoms with E-state index in [1.54, 1.807) is 6.07 Å². The number of piperidine rings is 1. The summed E-state index contributed by atoms with van der Waals surface area (Å²) in [7, 11) is -0.904. The lowest BCUT2D eigenvalue weighted by Crippen LogP contribution is -2.35. The van der Waals surface area contributed by atoms with Crippen molar-refractivity contribution >= 4 is 21.6 Å². The van der Waals surface area contributed by atoms with Gasteiger partial charge in [-0.25, -0.2) is 13.1 Å². The van der Waals surface area contributed by atoms with E-state index < -0.39 is 15.9 Å². The van der Waals surface area contributed by atoms with Crippen LogP contribution in [0.5, 0.6) is 5.75 Å². The van der Waals surface area contributed by atoms with Gasteiger partial charge in [0.1, 0.15) is 16.3 Å². The fraction of sp³-hybridized carbons (Fsp3) is 0.389. The maximum atomic E-state index is 13.0. The largest absolute Gasteiger partial charge is 0.495 e. The number of ether oxygens (including phenoxy) is 1. The fourth-order valence-electron chi connectivity index (χ4n) is 3.02. The molecule has 1 aromatic heterocycles. The average molecular weight is 406 g/mol. The van der Waals surface area contributed by atoms with Gasteiger partial charge in [-0.05, 0) is 37.1 Å². The summed E-state index contributed by atoms with van der Waals surface area (Å²) in [5, 5.41) is 6.50. The minimum Gasteiger partial charge on any atom is -0.495 e. The zero-order valence-electron chi connectivity index (χ0n) is 15.7. The van der Waals surface area contributed by atoms with E-state index in [4.69, 9.17) is 4.74 Å². The SMILES string of the molecule is COc1ccc(NC(=O)c2ccc(=O)n(C)n2)cc1S(=O)(=O)N1CCCCC1. The number of benzene rings is 1. The molecule has 1 amide bonds. The van der Waals surface area contributed by atoms with Crippen LogP contribution in [0.4, 0.5) is 5.69 Å². The lowest BCUT2D eigenvalue weighted by atomic mass is 10.2. The second-order valence-corrected chi connectivity index (χ2v) is 8.37. The van der Waals surface area contributed by atoms with Crippen molar-refractivity contribution in [3.8, 4) is 5.75 Å². The van der Waals surface area contributed by atoms with Gasteiger partial charge in [0.15, 0.2) is 0 Å². The zero-order valence-corrected chi connectivity index (χ0v) is 16.5. The molecule has 1 fully saturated rings. The van der Waals surface area contributed by atoms with Crippen LogP contribution in [-0.2, 0) is 17.1 Å². The molecule has 0 atom stereocenters. The van der Waals surface area contributed by atoms with E-state index in [0.717, 1.165) is 23.9 Å². The normalized spacial score (nSPS) is 15.2. The standard InChI is InChI=1S/C18H22N4O5S/c1-21-17(23)9-7-14(20-21)18(24)19-13-6-8-15(27-2)16(12-13)28(25,26)22-10-4-3-5-11-22/h6-9,12H,3-5,10-11H2,1-2H3,(H,19,24). The van der Waals surface area contributed by atoms with Crippen molar-refractivity contribution in [1.82, 2.24) is 14.1 Å². The molecule has 1 saturated heterocycles. The second-order valence-electron chi connectivity index (χ2n) is 6.46. The molecule has 1 aromatic carbocycles. The highest BCUT2D eigenvalue weighted by Gasteiger charge is 2.29. The van der Waals surface area contributed by atoms with Crippen LogP contribution in [0, 0.1) is 0 Å². The molecule has 2 aromatic rings. The van der Waals surface area contributed by atoms with Crippen LogP contribution in [0.25, 0.3) is 0 Å². The maximum Gasteiger partial charge on any atom is 0.276 e. The number of nitrogens with one attached hydrogen (secondary N) is 1. The highest BCUT2D eigenvalue weighted by Crippen LogP contribution is 2.31. The number of aromatic nitrogens is 2. The molecule has 1 aliphatic rings. The Balaban J connectivity index is 1.91. The zero-order chi connectivity index (χ0) is 20.3. The summed E-state index contributed by atoms with van der Waals surface area (Å²) in [6, 6.07) is 6.98. The smallest absolute Gasteiger partial charge is 0.276 e. The Morgan fingerprint density at radius 1 is 1.14 bits per heavy atom. The van der Waals surface area contributed by atoms with Crippen LogP contribution in [0.3, 0.4) is 0 Å². The summed E-state index contributed by atoms with van der Waals surface area (Å²) in [5.74, 6) is -0.342. The van der Waals surface area contributed by atoms with Gasteiger partial charge in [-0.15, -0.1) is 0 Å². The number of carbonyl (C=O) groups is 1. The lowest BCUT2D eigenvalue weighted by Gasteiger charge is -2.26. The van der Waals surface area contributed by atoms with Gasteiger partial charge >= 0.3 is 0 Å². The summed E-state index contributed by atoms with van der Waals surface area (Å²) >= 11 is 0. The van der Waals surface area contributed by atoms with Gasteiger partial charge in [0.2, 0.25) is 10.0 Å². The second kappa shape index (κ2) is 8.11. The first-order chi connectivity index (χ1) is 13.3. The molecule has 9 nitrogen and oxygen atoms in total. The molecule has 0 spiro atoms. The minimum absolute atomic E-state index is 0.00289. The number of anilines is 1. The summed E-state index contributed by atoms with van der Waals surface area (Å²) in [4.78, 5) is 23.8. The molecule has 1 N–H and O–H groups in total. The van der Waals surface area contributed by atoms with Crippen LogP contribution in [0.1, 0.15) is 29.8 Å². The molecule has 0 unspecified atom stereocenters. The molecular weight excluding hydrogens is 384 g/mol. The molecule has 1 aliphatic heterocycles. The Hall–Kier alpha value is -2.72. The van der Waals surface area contributed by atoms with E-state index >= 15 is 0 Å². The highest BCUT2D eigenvalue weighted by molar-refractivity contribution is 7.89. The van der Waals surface area contributed by atoms with Crippen molar-refractivity contribution in [2.24, 2.45) is 7.05 Å². The average Bonchev–Trinajstić information content (AvgIpc) is 2.70. The molecule has 0 bridgehead atoms. The fourth-order valence-corrected chi connectivity index (χ4v) is 4.72. The quantitative estimate of drug-likeness (QED) is 0.799. The molecule has 0 aliphatic carbocycles. The summed E-state index contributed by atoms with van der Waals surface area (Å²) < 4.78 is 33.8. The molecule has 3 rings (SSSR count). The van der Waals surface area contributed by atoms with Crippen molar-refractivity contribution in [2.75, 3.05) is 25.5 Å². The molecule has 28 heavy (non-hydrogen) atoms. The van der Waals surface area contributed by atoms with Crippen molar-refractivity contribution in [2.45, 2.75) is 24.2 Å². The minimum atomic E-state index is -3.74. The van der Waals surface area contributed by atoms with Crippen LogP contribution in [0.2, 0.25) is 0 Å². The van der Waals surface area contributed by atoms with Crippen LogP contribution in [0.15, 0.2) is 40.0 Å². The van der Waals surface area contributed by atoms with Gasteiger partial charge in [-0.2, -0.15) is 9.40 Å². The molecule has 0 radical (unpaired) electrons. The number of nitrogens with zero attached hydrogens (tertiary/aromatic N) is 3. The van der Waals surface area contributed by atoms with E-state index in [2.05, 4.69) is 10.4 Å². The van der Waals surface area contributed by atoms with Crippen molar-refractivity contribution < 1.29 is 17.9 Å². The number of amides is 1. The van der Waals surface area contributed by atoms with Crippen molar-refractivity contribution in [3.63, 3.8) is 0 Å². The highest BCUT2D eigenvalue weighted by atomic mass is 32.2. The van der Waals surface area contributed by atoms with E-state index in [-0.39, 0.29) is 27.6 Å². The van der Waals surface area contributed by atoms with Crippen molar-refractivity contribution in [1.29, 1.82) is 0 Å². The van der Waals surface area contributed by atoms with Gasteiger partial charge in [0.05, 0.1) is 7.11 Å². The number of sulfonamides is 1. The third-order valence-corrected chi connectivity index (χ3v) is 6.47. The predicted octanol–water partition coefficient (Wildman–Crippen LogP) is 1.22. The maximum absolute atomic E-state index is 13.0. The van der Waals surface area contributed by atoms with Crippen LogP contribution < -0.4 is 15.6 Å². The third kappa shape index (κ3) is 4.07. The molecule has 2 heterocycles. The van der Waals surface area contributed by atoms with Gasteiger partial charge in [-0.1, -0.05) is 6.42 Å². The summed E-state index contributed by atoms with van der Waals surface area (Å²) in [5.41, 5.74) is -0.00805. The Bertz CT molecular complexity index is 1040. The van der Waals surface area contributed by atoms with E-state index in [1.165, 1.54) is 42.7 Å². The summed E-state index contributed by atoms with van der Waals surface area (Å²) in [6.45, 7) is 0.925. The topological polar surface area (TPSA) is 111 Å². The number of methoxy groups -OCH3 is 1. The van der Waals surface area contributed by atoms with Gasteiger partial charge in [0.25, 0.3) is 11.5 Å². The van der Waals surface area contributed by atoms with E-state index in [1.807, 2.05) is 0 Å². The number of rotatable bonds is 5. The van der Waals surface area contributed by atoms with Crippen LogP contribution >= 0.6 is 0 Å². The van der Waals surface area contributed by atoms with Crippen LogP contribution in [-0.4, -0.2) is 48.6 Å². The summed E-state index contributed by atoms with van der Waals surface area (Å²) in [6.07, 6.45) is 2.64. The lowest BCUT2D eigenvalue weighted by molar-refractivity contribution is 0.102. The first kappa shape index (κ1) is 20.0. The first-order valence-corrected chi connectivity index (χ1v) is 10.3. The van der Waals surface area contributed by atoms with Gasteiger partial charge in [0, 0.05) is 31.9 Å². The number of aryl methyl sites for hydroxylation is 1. The Kier molecular flexibility index (Phi) is 5.80. The predicted molar refractivity (Wildman–Crippen MR) is 103 cm³/mol. The number of hydrogen-bond donors (Lipinski definition) is 1. The molecular formula is C18H22N4O5S. The Morgan fingerprint density at radius 3 is 2.50 bits per heavy atom. The first-order valence-electron chi connectivity index (χ1n) is 8.87. The number of carbonyl (C=O) groups excluding carboxylic acids is 1. The third-order valence-electron chi connectivity index (χ3n) is 4.55. The van der Waals surface area contributed by atoms with Crippen molar-refractivity contribution in [3.05, 3.63) is 46.4 Å². The molecule has 150 valence electrons.